The van der Waals surface area contributed by atoms with E-state index in [1.807, 2.05) is 6.92 Å². The van der Waals surface area contributed by atoms with Gasteiger partial charge in [-0.25, -0.2) is 8.42 Å². The molecule has 0 spiro atoms. The normalized spacial score (nSPS) is 26.8. The van der Waals surface area contributed by atoms with E-state index >= 15 is 0 Å². The molecule has 7 heteroatoms. The van der Waals surface area contributed by atoms with Gasteiger partial charge in [0.25, 0.3) is 0 Å². The molecule has 1 N–H and O–H groups in total. The van der Waals surface area contributed by atoms with Crippen molar-refractivity contribution in [1.82, 2.24) is 0 Å². The molecule has 1 aliphatic rings. The third kappa shape index (κ3) is 2.14. The summed E-state index contributed by atoms with van der Waals surface area (Å²) in [7, 11) is -4.07. The van der Waals surface area contributed by atoms with Gasteiger partial charge in [-0.15, -0.1) is 0 Å². The fourth-order valence-corrected chi connectivity index (χ4v) is 5.39. The Bertz CT molecular complexity index is 633. The van der Waals surface area contributed by atoms with Crippen LogP contribution in [0.3, 0.4) is 0 Å². The average molecular weight is 323 g/mol. The molecule has 0 aromatic heterocycles. The van der Waals surface area contributed by atoms with E-state index in [-0.39, 0.29) is 33.7 Å². The number of carboxylic acids is 1. The van der Waals surface area contributed by atoms with E-state index in [2.05, 4.69) is 0 Å². The predicted octanol–water partition coefficient (Wildman–Crippen LogP) is 3.02. The van der Waals surface area contributed by atoms with Crippen LogP contribution < -0.4 is 0 Å². The number of rotatable bonds is 3. The van der Waals surface area contributed by atoms with E-state index in [4.69, 9.17) is 23.2 Å². The van der Waals surface area contributed by atoms with E-state index in [0.29, 0.717) is 0 Å². The van der Waals surface area contributed by atoms with Crippen molar-refractivity contribution in [3.8, 4) is 0 Å². The van der Waals surface area contributed by atoms with Gasteiger partial charge in [-0.2, -0.15) is 0 Å². The highest BCUT2D eigenvalue weighted by atomic mass is 35.5. The number of hydrogen-bond acceptors (Lipinski definition) is 3. The Balaban J connectivity index is 2.59. The summed E-state index contributed by atoms with van der Waals surface area (Å²) in [4.78, 5) is 11.2. The van der Waals surface area contributed by atoms with Crippen LogP contribution in [-0.4, -0.2) is 24.2 Å². The maximum Gasteiger partial charge on any atom is 0.325 e. The summed E-state index contributed by atoms with van der Waals surface area (Å²) in [5.41, 5.74) is 0. The number of benzene rings is 1. The average Bonchev–Trinajstić information content (AvgIpc) is 2.27. The minimum atomic E-state index is -4.07. The van der Waals surface area contributed by atoms with E-state index < -0.39 is 20.6 Å². The summed E-state index contributed by atoms with van der Waals surface area (Å²) in [6.45, 7) is 1.82. The SMILES string of the molecule is CC1CC(C(=O)O)(S(=O)(=O)c2cc(Cl)ccc2Cl)C1. The lowest BCUT2D eigenvalue weighted by atomic mass is 9.75. The number of sulfone groups is 1. The molecule has 19 heavy (non-hydrogen) atoms. The Morgan fingerprint density at radius 3 is 2.42 bits per heavy atom. The standard InChI is InChI=1S/C12H12Cl2O4S/c1-7-5-12(6-7,11(15)16)19(17,18)10-4-8(13)2-3-9(10)14/h2-4,7H,5-6H2,1H3,(H,15,16). The lowest BCUT2D eigenvalue weighted by Crippen LogP contribution is -2.55. The van der Waals surface area contributed by atoms with Crippen LogP contribution in [0.15, 0.2) is 23.1 Å². The van der Waals surface area contributed by atoms with Crippen LogP contribution in [0.5, 0.6) is 0 Å². The van der Waals surface area contributed by atoms with Gasteiger partial charge in [0.05, 0.1) is 9.92 Å². The minimum Gasteiger partial charge on any atom is -0.480 e. The maximum absolute atomic E-state index is 12.6. The van der Waals surface area contributed by atoms with Crippen LogP contribution >= 0.6 is 23.2 Å². The summed E-state index contributed by atoms with van der Waals surface area (Å²) in [5, 5.41) is 9.50. The summed E-state index contributed by atoms with van der Waals surface area (Å²) >= 11 is 11.7. The van der Waals surface area contributed by atoms with Gasteiger partial charge in [0.1, 0.15) is 0 Å². The molecular formula is C12H12Cl2O4S. The molecule has 0 aliphatic heterocycles. The zero-order chi connectivity index (χ0) is 14.4. The van der Waals surface area contributed by atoms with Gasteiger partial charge in [0, 0.05) is 5.02 Å². The Kier molecular flexibility index (Phi) is 3.58. The Morgan fingerprint density at radius 1 is 1.37 bits per heavy atom. The van der Waals surface area contributed by atoms with Crippen LogP contribution in [0.4, 0.5) is 0 Å². The highest BCUT2D eigenvalue weighted by Gasteiger charge is 2.59. The first-order chi connectivity index (χ1) is 8.70. The smallest absolute Gasteiger partial charge is 0.325 e. The van der Waals surface area contributed by atoms with E-state index in [9.17, 15) is 18.3 Å². The third-order valence-corrected chi connectivity index (χ3v) is 6.57. The summed E-state index contributed by atoms with van der Waals surface area (Å²) in [5.74, 6) is -1.27. The van der Waals surface area contributed by atoms with Crippen LogP contribution in [0.25, 0.3) is 0 Å². The second-order valence-corrected chi connectivity index (χ2v) is 7.96. The van der Waals surface area contributed by atoms with Gasteiger partial charge >= 0.3 is 5.97 Å². The molecule has 2 rings (SSSR count). The van der Waals surface area contributed by atoms with Crippen LogP contribution in [0, 0.1) is 5.92 Å². The van der Waals surface area contributed by atoms with Gasteiger partial charge in [0.15, 0.2) is 14.6 Å². The molecule has 1 aliphatic carbocycles. The van der Waals surface area contributed by atoms with Crippen LogP contribution in [0.1, 0.15) is 19.8 Å². The topological polar surface area (TPSA) is 71.4 Å². The third-order valence-electron chi connectivity index (χ3n) is 3.44. The molecule has 0 heterocycles. The molecule has 4 nitrogen and oxygen atoms in total. The number of hydrogen-bond donors (Lipinski definition) is 1. The van der Waals surface area contributed by atoms with Crippen molar-refractivity contribution >= 4 is 39.0 Å². The molecule has 0 radical (unpaired) electrons. The first kappa shape index (κ1) is 14.6. The summed E-state index contributed by atoms with van der Waals surface area (Å²) in [6.07, 6.45) is 0.182. The molecule has 0 amide bonds. The molecule has 0 saturated heterocycles. The molecule has 0 atom stereocenters. The van der Waals surface area contributed by atoms with Crippen molar-refractivity contribution in [2.24, 2.45) is 5.92 Å². The summed E-state index contributed by atoms with van der Waals surface area (Å²) < 4.78 is 23.4. The second-order valence-electron chi connectivity index (χ2n) is 4.89. The molecule has 0 bridgehead atoms. The zero-order valence-corrected chi connectivity index (χ0v) is 12.4. The molecular weight excluding hydrogens is 311 g/mol. The highest BCUT2D eigenvalue weighted by Crippen LogP contribution is 2.48. The van der Waals surface area contributed by atoms with Crippen molar-refractivity contribution in [3.05, 3.63) is 28.2 Å². The van der Waals surface area contributed by atoms with Crippen molar-refractivity contribution in [3.63, 3.8) is 0 Å². The molecule has 1 fully saturated rings. The van der Waals surface area contributed by atoms with Gasteiger partial charge in [-0.3, -0.25) is 4.79 Å². The number of carbonyl (C=O) groups is 1. The van der Waals surface area contributed by atoms with Gasteiger partial charge in [-0.05, 0) is 37.0 Å². The van der Waals surface area contributed by atoms with Crippen molar-refractivity contribution in [2.75, 3.05) is 0 Å². The highest BCUT2D eigenvalue weighted by molar-refractivity contribution is 7.93. The second kappa shape index (κ2) is 4.65. The molecule has 1 aromatic carbocycles. The van der Waals surface area contributed by atoms with E-state index in [1.165, 1.54) is 18.2 Å². The quantitative estimate of drug-likeness (QED) is 0.928. The molecule has 1 aromatic rings. The predicted molar refractivity (Wildman–Crippen MR) is 72.4 cm³/mol. The Hall–Kier alpha value is -0.780. The van der Waals surface area contributed by atoms with Gasteiger partial charge in [-0.1, -0.05) is 30.1 Å². The maximum atomic E-state index is 12.6. The van der Waals surface area contributed by atoms with Crippen LogP contribution in [0.2, 0.25) is 10.0 Å². The van der Waals surface area contributed by atoms with Gasteiger partial charge in [0.2, 0.25) is 0 Å². The lowest BCUT2D eigenvalue weighted by molar-refractivity contribution is -0.143. The Labute approximate surface area is 121 Å². The molecule has 0 unspecified atom stereocenters. The first-order valence-corrected chi connectivity index (χ1v) is 7.88. The van der Waals surface area contributed by atoms with Gasteiger partial charge < -0.3 is 5.11 Å². The van der Waals surface area contributed by atoms with Crippen molar-refractivity contribution < 1.29 is 18.3 Å². The molecule has 104 valence electrons. The van der Waals surface area contributed by atoms with E-state index in [0.717, 1.165) is 0 Å². The van der Waals surface area contributed by atoms with Crippen molar-refractivity contribution in [1.29, 1.82) is 0 Å². The Morgan fingerprint density at radius 2 is 1.95 bits per heavy atom. The monoisotopic (exact) mass is 322 g/mol. The fraction of sp³-hybridized carbons (Fsp3) is 0.417. The zero-order valence-electron chi connectivity index (χ0n) is 10.1. The van der Waals surface area contributed by atoms with Crippen LogP contribution in [-0.2, 0) is 14.6 Å². The first-order valence-electron chi connectivity index (χ1n) is 5.64. The minimum absolute atomic E-state index is 0.00965. The summed E-state index contributed by atoms with van der Waals surface area (Å²) in [6, 6.07) is 4.01. The lowest BCUT2D eigenvalue weighted by Gasteiger charge is -2.41. The molecule has 1 saturated carbocycles. The fourth-order valence-electron chi connectivity index (χ4n) is 2.47. The number of carboxylic acid groups (broad SMARTS) is 1. The number of halogens is 2. The number of aliphatic carboxylic acids is 1. The van der Waals surface area contributed by atoms with Crippen molar-refractivity contribution in [2.45, 2.75) is 29.4 Å². The van der Waals surface area contributed by atoms with E-state index in [1.54, 1.807) is 0 Å². The largest absolute Gasteiger partial charge is 0.480 e.